The van der Waals surface area contributed by atoms with Crippen molar-refractivity contribution in [2.45, 2.75) is 13.5 Å². The molecule has 0 aliphatic heterocycles. The van der Waals surface area contributed by atoms with Crippen molar-refractivity contribution in [3.05, 3.63) is 70.8 Å². The highest BCUT2D eigenvalue weighted by Gasteiger charge is 2.06. The van der Waals surface area contributed by atoms with Crippen LogP contribution in [0.2, 0.25) is 0 Å². The van der Waals surface area contributed by atoms with Crippen molar-refractivity contribution in [1.82, 2.24) is 9.99 Å². The Labute approximate surface area is 142 Å². The summed E-state index contributed by atoms with van der Waals surface area (Å²) in [7, 11) is 0. The van der Waals surface area contributed by atoms with Crippen LogP contribution in [0.3, 0.4) is 0 Å². The zero-order chi connectivity index (χ0) is 16.2. The van der Waals surface area contributed by atoms with Crippen molar-refractivity contribution in [1.29, 1.82) is 0 Å². The Morgan fingerprint density at radius 2 is 2.00 bits per heavy atom. The summed E-state index contributed by atoms with van der Waals surface area (Å²) in [6.07, 6.45) is 1.91. The minimum absolute atomic E-state index is 0.152. The average Bonchev–Trinajstić information content (AvgIpc) is 2.96. The van der Waals surface area contributed by atoms with Crippen LogP contribution in [-0.2, 0) is 11.3 Å². The Balaban J connectivity index is 1.69. The van der Waals surface area contributed by atoms with E-state index in [1.165, 1.54) is 0 Å². The van der Waals surface area contributed by atoms with Crippen LogP contribution in [0.1, 0.15) is 12.5 Å². The maximum absolute atomic E-state index is 12.1. The van der Waals surface area contributed by atoms with Gasteiger partial charge >= 0.3 is 0 Å². The molecule has 116 valence electrons. The third-order valence-electron chi connectivity index (χ3n) is 3.58. The largest absolute Gasteiger partial charge is 0.338 e. The van der Waals surface area contributed by atoms with E-state index in [0.717, 1.165) is 26.7 Å². The van der Waals surface area contributed by atoms with Crippen molar-refractivity contribution in [2.75, 3.05) is 0 Å². The van der Waals surface area contributed by atoms with E-state index < -0.39 is 0 Å². The van der Waals surface area contributed by atoms with Gasteiger partial charge in [0.1, 0.15) is 6.54 Å². The Hall–Kier alpha value is -2.40. The highest BCUT2D eigenvalue weighted by molar-refractivity contribution is 9.10. The highest BCUT2D eigenvalue weighted by atomic mass is 79.9. The number of aromatic nitrogens is 1. The molecule has 3 aromatic rings. The first kappa shape index (κ1) is 15.5. The number of fused-ring (bicyclic) bond motifs is 1. The molecule has 0 bridgehead atoms. The SMILES string of the molecule is C/C(=N/NC(=O)Cn1ccc2ccccc21)c1cccc(Br)c1. The highest BCUT2D eigenvalue weighted by Crippen LogP contribution is 2.15. The smallest absolute Gasteiger partial charge is 0.259 e. The number of nitrogens with zero attached hydrogens (tertiary/aromatic N) is 2. The first-order valence-electron chi connectivity index (χ1n) is 7.26. The van der Waals surface area contributed by atoms with Crippen molar-refractivity contribution < 1.29 is 4.79 Å². The van der Waals surface area contributed by atoms with Crippen LogP contribution in [0.4, 0.5) is 0 Å². The van der Waals surface area contributed by atoms with Gasteiger partial charge in [0.05, 0.1) is 5.71 Å². The number of carbonyl (C=O) groups excluding carboxylic acids is 1. The van der Waals surface area contributed by atoms with Gasteiger partial charge in [0.2, 0.25) is 0 Å². The molecule has 0 saturated carbocycles. The Morgan fingerprint density at radius 1 is 1.17 bits per heavy atom. The molecule has 3 rings (SSSR count). The molecule has 2 aromatic carbocycles. The molecular formula is C18H16BrN3O. The zero-order valence-electron chi connectivity index (χ0n) is 12.7. The first-order valence-corrected chi connectivity index (χ1v) is 8.06. The number of benzene rings is 2. The van der Waals surface area contributed by atoms with Crippen LogP contribution in [-0.4, -0.2) is 16.2 Å². The molecule has 23 heavy (non-hydrogen) atoms. The number of nitrogens with one attached hydrogen (secondary N) is 1. The van der Waals surface area contributed by atoms with E-state index in [1.54, 1.807) is 0 Å². The van der Waals surface area contributed by atoms with Crippen LogP contribution in [0.15, 0.2) is 70.4 Å². The van der Waals surface area contributed by atoms with Gasteiger partial charge in [-0.05, 0) is 42.1 Å². The predicted molar refractivity (Wildman–Crippen MR) is 96.4 cm³/mol. The van der Waals surface area contributed by atoms with Gasteiger partial charge in [0.25, 0.3) is 5.91 Å². The summed E-state index contributed by atoms with van der Waals surface area (Å²) < 4.78 is 2.89. The quantitative estimate of drug-likeness (QED) is 0.549. The average molecular weight is 370 g/mol. The second kappa shape index (κ2) is 6.79. The van der Waals surface area contributed by atoms with Gasteiger partial charge < -0.3 is 4.57 Å². The van der Waals surface area contributed by atoms with Gasteiger partial charge in [-0.15, -0.1) is 0 Å². The summed E-state index contributed by atoms with van der Waals surface area (Å²) >= 11 is 3.43. The van der Waals surface area contributed by atoms with Crippen LogP contribution < -0.4 is 5.43 Å². The van der Waals surface area contributed by atoms with Gasteiger partial charge in [-0.2, -0.15) is 5.10 Å². The molecule has 0 fully saturated rings. The fraction of sp³-hybridized carbons (Fsp3) is 0.111. The lowest BCUT2D eigenvalue weighted by Gasteiger charge is -2.06. The van der Waals surface area contributed by atoms with Gasteiger partial charge in [0.15, 0.2) is 0 Å². The van der Waals surface area contributed by atoms with Crippen LogP contribution >= 0.6 is 15.9 Å². The Morgan fingerprint density at radius 3 is 2.83 bits per heavy atom. The third kappa shape index (κ3) is 3.68. The normalized spacial score (nSPS) is 11.7. The second-order valence-corrected chi connectivity index (χ2v) is 6.16. The van der Waals surface area contributed by atoms with Crippen molar-refractivity contribution in [2.24, 2.45) is 5.10 Å². The molecule has 4 nitrogen and oxygen atoms in total. The fourth-order valence-electron chi connectivity index (χ4n) is 2.39. The monoisotopic (exact) mass is 369 g/mol. The van der Waals surface area contributed by atoms with E-state index in [2.05, 4.69) is 26.5 Å². The van der Waals surface area contributed by atoms with Gasteiger partial charge in [-0.1, -0.05) is 46.3 Å². The second-order valence-electron chi connectivity index (χ2n) is 5.24. The molecule has 0 atom stereocenters. The zero-order valence-corrected chi connectivity index (χ0v) is 14.2. The minimum Gasteiger partial charge on any atom is -0.338 e. The third-order valence-corrected chi connectivity index (χ3v) is 4.08. The summed E-state index contributed by atoms with van der Waals surface area (Å²) in [6, 6.07) is 17.8. The molecule has 0 spiro atoms. The molecular weight excluding hydrogens is 354 g/mol. The molecule has 5 heteroatoms. The number of rotatable bonds is 4. The van der Waals surface area contributed by atoms with E-state index in [9.17, 15) is 4.79 Å². The summed E-state index contributed by atoms with van der Waals surface area (Å²) in [6.45, 7) is 2.11. The Bertz CT molecular complexity index is 883. The van der Waals surface area contributed by atoms with Crippen molar-refractivity contribution >= 4 is 38.5 Å². The molecule has 1 amide bonds. The number of hydrogen-bond acceptors (Lipinski definition) is 2. The number of hydrazone groups is 1. The number of amides is 1. The van der Waals surface area contributed by atoms with Crippen molar-refractivity contribution in [3.63, 3.8) is 0 Å². The lowest BCUT2D eigenvalue weighted by atomic mass is 10.1. The topological polar surface area (TPSA) is 46.4 Å². The maximum Gasteiger partial charge on any atom is 0.259 e. The van der Waals surface area contributed by atoms with Gasteiger partial charge in [-0.25, -0.2) is 5.43 Å². The van der Waals surface area contributed by atoms with Crippen molar-refractivity contribution in [3.8, 4) is 0 Å². The Kier molecular flexibility index (Phi) is 4.57. The minimum atomic E-state index is -0.152. The first-order chi connectivity index (χ1) is 11.1. The van der Waals surface area contributed by atoms with E-state index in [0.29, 0.717) is 0 Å². The standard InChI is InChI=1S/C18H16BrN3O/c1-13(15-6-4-7-16(19)11-15)20-21-18(23)12-22-10-9-14-5-2-3-8-17(14)22/h2-11H,12H2,1H3,(H,21,23)/b20-13-. The van der Waals surface area contributed by atoms with E-state index in [1.807, 2.05) is 72.3 Å². The number of para-hydroxylation sites is 1. The molecule has 0 unspecified atom stereocenters. The lowest BCUT2D eigenvalue weighted by Crippen LogP contribution is -2.23. The number of hydrogen-bond donors (Lipinski definition) is 1. The van der Waals surface area contributed by atoms with Gasteiger partial charge in [0, 0.05) is 16.2 Å². The van der Waals surface area contributed by atoms with E-state index in [-0.39, 0.29) is 12.5 Å². The van der Waals surface area contributed by atoms with E-state index >= 15 is 0 Å². The molecule has 0 aliphatic rings. The molecule has 1 N–H and O–H groups in total. The number of halogens is 1. The summed E-state index contributed by atoms with van der Waals surface area (Å²) in [4.78, 5) is 12.1. The molecule has 0 aliphatic carbocycles. The molecule has 0 radical (unpaired) electrons. The predicted octanol–water partition coefficient (Wildman–Crippen LogP) is 3.94. The van der Waals surface area contributed by atoms with Crippen LogP contribution in [0.25, 0.3) is 10.9 Å². The molecule has 1 heterocycles. The number of carbonyl (C=O) groups is 1. The summed E-state index contributed by atoms with van der Waals surface area (Å²) in [5.74, 6) is -0.152. The molecule has 0 saturated heterocycles. The van der Waals surface area contributed by atoms with Crippen LogP contribution in [0, 0.1) is 0 Å². The van der Waals surface area contributed by atoms with E-state index in [4.69, 9.17) is 0 Å². The van der Waals surface area contributed by atoms with Crippen LogP contribution in [0.5, 0.6) is 0 Å². The van der Waals surface area contributed by atoms with Gasteiger partial charge in [-0.3, -0.25) is 4.79 Å². The molecule has 1 aromatic heterocycles. The maximum atomic E-state index is 12.1. The summed E-state index contributed by atoms with van der Waals surface area (Å²) in [5.41, 5.74) is 5.38. The lowest BCUT2D eigenvalue weighted by molar-refractivity contribution is -0.121. The fourth-order valence-corrected chi connectivity index (χ4v) is 2.79. The summed E-state index contributed by atoms with van der Waals surface area (Å²) in [5, 5.41) is 5.30.